The number of nitrogens with zero attached hydrogens (tertiary/aromatic N) is 5. The van der Waals surface area contributed by atoms with Crippen molar-refractivity contribution in [3.63, 3.8) is 0 Å². The van der Waals surface area contributed by atoms with E-state index in [1.807, 2.05) is 20.0 Å². The summed E-state index contributed by atoms with van der Waals surface area (Å²) < 4.78 is 0. The second-order valence-electron chi connectivity index (χ2n) is 5.25. The van der Waals surface area contributed by atoms with Crippen molar-refractivity contribution in [1.82, 2.24) is 25.1 Å². The number of anilines is 1. The molecule has 0 fully saturated rings. The van der Waals surface area contributed by atoms with Gasteiger partial charge in [-0.2, -0.15) is 0 Å². The van der Waals surface area contributed by atoms with Crippen LogP contribution in [-0.2, 0) is 24.2 Å². The lowest BCUT2D eigenvalue weighted by molar-refractivity contribution is -0.117. The van der Waals surface area contributed by atoms with E-state index in [1.165, 1.54) is 16.9 Å². The predicted molar refractivity (Wildman–Crippen MR) is 83.7 cm³/mol. The van der Waals surface area contributed by atoms with Gasteiger partial charge in [0.05, 0.1) is 12.2 Å². The Hall–Kier alpha value is -1.93. The molecule has 7 nitrogen and oxygen atoms in total. The zero-order chi connectivity index (χ0) is 15.5. The van der Waals surface area contributed by atoms with Crippen LogP contribution in [0, 0.1) is 6.92 Å². The van der Waals surface area contributed by atoms with Gasteiger partial charge in [-0.1, -0.05) is 18.3 Å². The zero-order valence-electron chi connectivity index (χ0n) is 12.7. The maximum atomic E-state index is 12.1. The van der Waals surface area contributed by atoms with Crippen LogP contribution in [0.2, 0.25) is 0 Å². The van der Waals surface area contributed by atoms with Crippen molar-refractivity contribution in [2.45, 2.75) is 33.2 Å². The van der Waals surface area contributed by atoms with E-state index in [-0.39, 0.29) is 5.91 Å². The third kappa shape index (κ3) is 3.45. The van der Waals surface area contributed by atoms with Crippen molar-refractivity contribution >= 4 is 22.4 Å². The number of carbonyl (C=O) groups is 1. The number of aryl methyl sites for hydroxylation is 2. The fraction of sp³-hybridized carbons (Fsp3) is 0.500. The lowest BCUT2D eigenvalue weighted by Crippen LogP contribution is -2.37. The quantitative estimate of drug-likeness (QED) is 0.912. The van der Waals surface area contributed by atoms with E-state index in [0.717, 1.165) is 35.9 Å². The Morgan fingerprint density at radius 3 is 3.05 bits per heavy atom. The molecule has 1 aliphatic heterocycles. The molecule has 22 heavy (non-hydrogen) atoms. The Labute approximate surface area is 132 Å². The third-order valence-electron chi connectivity index (χ3n) is 3.53. The number of hydrogen-bond donors (Lipinski definition) is 1. The topological polar surface area (TPSA) is 83.9 Å². The number of hydrogen-bond acceptors (Lipinski definition) is 7. The van der Waals surface area contributed by atoms with E-state index in [1.54, 1.807) is 0 Å². The summed E-state index contributed by atoms with van der Waals surface area (Å²) >= 11 is 1.38. The summed E-state index contributed by atoms with van der Waals surface area (Å²) in [4.78, 5) is 23.1. The Bertz CT molecular complexity index is 686. The molecule has 0 radical (unpaired) electrons. The fourth-order valence-corrected chi connectivity index (χ4v) is 3.02. The lowest BCUT2D eigenvalue weighted by Gasteiger charge is -2.27. The van der Waals surface area contributed by atoms with Crippen LogP contribution >= 0.6 is 11.3 Å². The van der Waals surface area contributed by atoms with Crippen LogP contribution < -0.4 is 5.32 Å². The average molecular weight is 318 g/mol. The van der Waals surface area contributed by atoms with Gasteiger partial charge >= 0.3 is 0 Å². The minimum absolute atomic E-state index is 0.0654. The molecule has 0 saturated heterocycles. The molecule has 3 rings (SSSR count). The molecule has 3 heterocycles. The molecule has 0 spiro atoms. The van der Waals surface area contributed by atoms with Gasteiger partial charge < -0.3 is 0 Å². The van der Waals surface area contributed by atoms with E-state index in [4.69, 9.17) is 0 Å². The van der Waals surface area contributed by atoms with Gasteiger partial charge in [-0.05, 0) is 18.9 Å². The predicted octanol–water partition coefficient (Wildman–Crippen LogP) is 1.20. The summed E-state index contributed by atoms with van der Waals surface area (Å²) in [6.07, 6.45) is 3.62. The van der Waals surface area contributed by atoms with Crippen LogP contribution in [-0.4, -0.2) is 44.1 Å². The standard InChI is InChI=1S/C14H18N6OS/c1-3-12-15-6-10-4-5-20(7-11(10)16-12)8-13(21)17-14-19-18-9(2)22-14/h6H,3-5,7-8H2,1-2H3,(H,17,19,21). The van der Waals surface area contributed by atoms with E-state index >= 15 is 0 Å². The van der Waals surface area contributed by atoms with Crippen LogP contribution in [0.25, 0.3) is 0 Å². The zero-order valence-corrected chi connectivity index (χ0v) is 13.5. The highest BCUT2D eigenvalue weighted by Gasteiger charge is 2.20. The summed E-state index contributed by atoms with van der Waals surface area (Å²) in [6.45, 7) is 5.76. The molecule has 0 aliphatic carbocycles. The summed E-state index contributed by atoms with van der Waals surface area (Å²) in [7, 11) is 0. The number of fused-ring (bicyclic) bond motifs is 1. The van der Waals surface area contributed by atoms with Crippen molar-refractivity contribution in [1.29, 1.82) is 0 Å². The molecule has 0 aromatic carbocycles. The van der Waals surface area contributed by atoms with Crippen molar-refractivity contribution in [3.8, 4) is 0 Å². The normalized spacial score (nSPS) is 14.6. The molecule has 1 aliphatic rings. The fourth-order valence-electron chi connectivity index (χ4n) is 2.41. The summed E-state index contributed by atoms with van der Waals surface area (Å²) in [5.41, 5.74) is 2.23. The molecule has 0 bridgehead atoms. The van der Waals surface area contributed by atoms with Crippen LogP contribution in [0.15, 0.2) is 6.20 Å². The van der Waals surface area contributed by atoms with Crippen molar-refractivity contribution in [2.75, 3.05) is 18.4 Å². The first kappa shape index (κ1) is 15.0. The molecular weight excluding hydrogens is 300 g/mol. The number of carbonyl (C=O) groups excluding carboxylic acids is 1. The number of rotatable bonds is 4. The Balaban J connectivity index is 1.60. The van der Waals surface area contributed by atoms with Gasteiger partial charge in [-0.15, -0.1) is 10.2 Å². The minimum atomic E-state index is -0.0654. The lowest BCUT2D eigenvalue weighted by atomic mass is 10.1. The molecule has 0 atom stereocenters. The first-order chi connectivity index (χ1) is 10.6. The molecular formula is C14H18N6OS. The SMILES string of the molecule is CCc1ncc2c(n1)CN(CC(=O)Nc1nnc(C)s1)CC2. The monoisotopic (exact) mass is 318 g/mol. The van der Waals surface area contributed by atoms with Gasteiger partial charge in [0.15, 0.2) is 0 Å². The minimum Gasteiger partial charge on any atom is -0.299 e. The van der Waals surface area contributed by atoms with Crippen molar-refractivity contribution in [3.05, 3.63) is 28.3 Å². The number of nitrogens with one attached hydrogen (secondary N) is 1. The summed E-state index contributed by atoms with van der Waals surface area (Å²) in [6, 6.07) is 0. The van der Waals surface area contributed by atoms with Gasteiger partial charge in [-0.25, -0.2) is 9.97 Å². The maximum absolute atomic E-state index is 12.1. The smallest absolute Gasteiger partial charge is 0.240 e. The van der Waals surface area contributed by atoms with E-state index < -0.39 is 0 Å². The van der Waals surface area contributed by atoms with Gasteiger partial charge in [0.25, 0.3) is 0 Å². The molecule has 116 valence electrons. The second kappa shape index (κ2) is 6.45. The molecule has 0 unspecified atom stereocenters. The summed E-state index contributed by atoms with van der Waals surface area (Å²) in [5, 5.41) is 12.0. The Morgan fingerprint density at radius 2 is 2.32 bits per heavy atom. The highest BCUT2D eigenvalue weighted by atomic mass is 32.1. The molecule has 0 saturated carbocycles. The van der Waals surface area contributed by atoms with Crippen molar-refractivity contribution < 1.29 is 4.79 Å². The molecule has 1 N–H and O–H groups in total. The number of amides is 1. The van der Waals surface area contributed by atoms with Crippen LogP contribution in [0.3, 0.4) is 0 Å². The van der Waals surface area contributed by atoms with Crippen LogP contribution in [0.1, 0.15) is 29.0 Å². The number of aromatic nitrogens is 4. The maximum Gasteiger partial charge on any atom is 0.240 e. The largest absolute Gasteiger partial charge is 0.299 e. The van der Waals surface area contributed by atoms with Gasteiger partial charge in [0, 0.05) is 25.7 Å². The van der Waals surface area contributed by atoms with E-state index in [0.29, 0.717) is 18.2 Å². The Kier molecular flexibility index (Phi) is 4.39. The van der Waals surface area contributed by atoms with E-state index in [2.05, 4.69) is 30.4 Å². The van der Waals surface area contributed by atoms with Crippen LogP contribution in [0.4, 0.5) is 5.13 Å². The van der Waals surface area contributed by atoms with E-state index in [9.17, 15) is 4.79 Å². The van der Waals surface area contributed by atoms with Gasteiger partial charge in [0.1, 0.15) is 10.8 Å². The average Bonchev–Trinajstić information content (AvgIpc) is 2.91. The molecule has 1 amide bonds. The highest BCUT2D eigenvalue weighted by Crippen LogP contribution is 2.17. The first-order valence-corrected chi connectivity index (χ1v) is 8.11. The molecule has 8 heteroatoms. The van der Waals surface area contributed by atoms with Crippen molar-refractivity contribution in [2.24, 2.45) is 0 Å². The van der Waals surface area contributed by atoms with Gasteiger partial charge in [-0.3, -0.25) is 15.0 Å². The first-order valence-electron chi connectivity index (χ1n) is 7.30. The second-order valence-corrected chi connectivity index (χ2v) is 6.43. The Morgan fingerprint density at radius 1 is 1.45 bits per heavy atom. The molecule has 2 aromatic rings. The summed E-state index contributed by atoms with van der Waals surface area (Å²) in [5.74, 6) is 0.791. The third-order valence-corrected chi connectivity index (χ3v) is 4.28. The van der Waals surface area contributed by atoms with Crippen LogP contribution in [0.5, 0.6) is 0 Å². The molecule has 2 aromatic heterocycles. The highest BCUT2D eigenvalue weighted by molar-refractivity contribution is 7.15. The van der Waals surface area contributed by atoms with Gasteiger partial charge in [0.2, 0.25) is 11.0 Å².